The number of amides is 2. The summed E-state index contributed by atoms with van der Waals surface area (Å²) in [5.74, 6) is -1.66. The molecular weight excluding hydrogens is 356 g/mol. The number of nitrogens with one attached hydrogen (secondary N) is 1. The number of ether oxygens (including phenoxy) is 3. The maximum absolute atomic E-state index is 13.2. The average Bonchev–Trinajstić information content (AvgIpc) is 2.92. The lowest BCUT2D eigenvalue weighted by molar-refractivity contribution is -0.152. The molecule has 2 amide bonds. The second kappa shape index (κ2) is 8.07. The summed E-state index contributed by atoms with van der Waals surface area (Å²) in [7, 11) is 1.10. The van der Waals surface area contributed by atoms with Crippen molar-refractivity contribution < 1.29 is 33.4 Å². The second-order valence-corrected chi connectivity index (χ2v) is 5.88. The van der Waals surface area contributed by atoms with Gasteiger partial charge < -0.3 is 14.2 Å². The number of carbonyl (C=O) groups excluding carboxylic acids is 4. The Bertz CT molecular complexity index is 777. The number of fused-ring (bicyclic) bond motifs is 1. The van der Waals surface area contributed by atoms with Crippen LogP contribution in [-0.4, -0.2) is 54.8 Å². The number of methoxy groups -OCH3 is 1. The summed E-state index contributed by atoms with van der Waals surface area (Å²) in [6, 6.07) is 5.10. The van der Waals surface area contributed by atoms with Gasteiger partial charge in [0.15, 0.2) is 0 Å². The molecule has 9 heteroatoms. The van der Waals surface area contributed by atoms with Crippen LogP contribution in [0.2, 0.25) is 0 Å². The summed E-state index contributed by atoms with van der Waals surface area (Å²) in [5.41, 5.74) is 1.67. The van der Waals surface area contributed by atoms with Crippen molar-refractivity contribution in [2.75, 3.05) is 20.3 Å². The minimum atomic E-state index is -2.12. The molecule has 0 spiro atoms. The van der Waals surface area contributed by atoms with Gasteiger partial charge in [0.25, 0.3) is 0 Å². The first-order chi connectivity index (χ1) is 12.8. The fourth-order valence-corrected chi connectivity index (χ4v) is 2.98. The van der Waals surface area contributed by atoms with E-state index < -0.39 is 29.5 Å². The van der Waals surface area contributed by atoms with E-state index in [9.17, 15) is 19.2 Å². The van der Waals surface area contributed by atoms with Gasteiger partial charge in [0.1, 0.15) is 0 Å². The third kappa shape index (κ3) is 3.57. The molecule has 0 unspecified atom stereocenters. The summed E-state index contributed by atoms with van der Waals surface area (Å²) < 4.78 is 14.5. The molecule has 2 rings (SSSR count). The van der Waals surface area contributed by atoms with Crippen LogP contribution in [0.25, 0.3) is 0 Å². The number of rotatable bonds is 4. The van der Waals surface area contributed by atoms with Gasteiger partial charge in [-0.25, -0.2) is 19.8 Å². The molecule has 1 aromatic carbocycles. The van der Waals surface area contributed by atoms with E-state index in [0.29, 0.717) is 10.6 Å². The molecule has 0 fully saturated rings. The molecule has 9 nitrogen and oxygen atoms in total. The third-order valence-corrected chi connectivity index (χ3v) is 4.17. The lowest BCUT2D eigenvalue weighted by atomic mass is 9.93. The van der Waals surface area contributed by atoms with E-state index in [1.807, 2.05) is 0 Å². The Morgan fingerprint density at radius 2 is 1.85 bits per heavy atom. The lowest BCUT2D eigenvalue weighted by Crippen LogP contribution is -2.67. The van der Waals surface area contributed by atoms with Gasteiger partial charge in [-0.1, -0.05) is 17.7 Å². The Hall–Kier alpha value is -3.10. The number of nitrogens with zero attached hydrogens (tertiary/aromatic N) is 1. The minimum absolute atomic E-state index is 0.0289. The van der Waals surface area contributed by atoms with E-state index in [2.05, 4.69) is 5.43 Å². The highest BCUT2D eigenvalue weighted by Crippen LogP contribution is 2.36. The molecule has 1 aliphatic rings. The Morgan fingerprint density at radius 3 is 2.44 bits per heavy atom. The van der Waals surface area contributed by atoms with Crippen LogP contribution in [0.4, 0.5) is 9.59 Å². The largest absolute Gasteiger partial charge is 0.467 e. The predicted octanol–water partition coefficient (Wildman–Crippen LogP) is 1.77. The summed E-state index contributed by atoms with van der Waals surface area (Å²) in [5, 5.41) is 0.567. The SMILES string of the molecule is CCOC(=O)NN(C(=O)OCC)[C@@]1(C(=O)OC)Cc2ccc(C)cc2C1=O. The first-order valence-corrected chi connectivity index (χ1v) is 8.44. The number of aryl methyl sites for hydroxylation is 1. The second-order valence-electron chi connectivity index (χ2n) is 5.88. The van der Waals surface area contributed by atoms with Gasteiger partial charge in [-0.15, -0.1) is 0 Å². The topological polar surface area (TPSA) is 111 Å². The summed E-state index contributed by atoms with van der Waals surface area (Å²) >= 11 is 0. The molecule has 1 aliphatic carbocycles. The Morgan fingerprint density at radius 1 is 1.19 bits per heavy atom. The molecule has 1 N–H and O–H groups in total. The van der Waals surface area contributed by atoms with Crippen molar-refractivity contribution in [1.29, 1.82) is 0 Å². The van der Waals surface area contributed by atoms with Gasteiger partial charge >= 0.3 is 18.2 Å². The van der Waals surface area contributed by atoms with Crippen molar-refractivity contribution in [3.8, 4) is 0 Å². The van der Waals surface area contributed by atoms with Crippen molar-refractivity contribution in [3.63, 3.8) is 0 Å². The zero-order valence-corrected chi connectivity index (χ0v) is 15.7. The van der Waals surface area contributed by atoms with Crippen molar-refractivity contribution >= 4 is 23.9 Å². The van der Waals surface area contributed by atoms with Crippen molar-refractivity contribution in [2.24, 2.45) is 0 Å². The molecule has 0 saturated heterocycles. The fourth-order valence-electron chi connectivity index (χ4n) is 2.98. The molecule has 1 atom stereocenters. The van der Waals surface area contributed by atoms with E-state index in [-0.39, 0.29) is 25.2 Å². The predicted molar refractivity (Wildman–Crippen MR) is 93.0 cm³/mol. The number of ketones is 1. The quantitative estimate of drug-likeness (QED) is 0.368. The van der Waals surface area contributed by atoms with Crippen LogP contribution >= 0.6 is 0 Å². The summed E-state index contributed by atoms with van der Waals surface area (Å²) in [4.78, 5) is 50.4. The Labute approximate surface area is 156 Å². The number of hydrogen-bond donors (Lipinski definition) is 1. The van der Waals surface area contributed by atoms with Crippen LogP contribution in [0.15, 0.2) is 18.2 Å². The highest BCUT2D eigenvalue weighted by atomic mass is 16.6. The van der Waals surface area contributed by atoms with Crippen LogP contribution < -0.4 is 5.43 Å². The van der Waals surface area contributed by atoms with Gasteiger partial charge in [-0.3, -0.25) is 4.79 Å². The van der Waals surface area contributed by atoms with Crippen LogP contribution in [0.3, 0.4) is 0 Å². The third-order valence-electron chi connectivity index (χ3n) is 4.17. The van der Waals surface area contributed by atoms with E-state index in [1.165, 1.54) is 0 Å². The van der Waals surface area contributed by atoms with E-state index in [0.717, 1.165) is 12.7 Å². The molecule has 0 heterocycles. The number of esters is 1. The fraction of sp³-hybridized carbons (Fsp3) is 0.444. The standard InChI is InChI=1S/C18H22N2O7/c1-5-26-16(23)19-20(17(24)27-6-2)18(15(22)25-4)10-12-8-7-11(3)9-13(12)14(18)21/h7-9H,5-6,10H2,1-4H3,(H,19,23)/t18-/m0/s1. The number of benzene rings is 1. The molecule has 0 aliphatic heterocycles. The van der Waals surface area contributed by atoms with Gasteiger partial charge in [-0.2, -0.15) is 5.01 Å². The Kier molecular flexibility index (Phi) is 6.04. The molecule has 1 aromatic rings. The molecule has 0 saturated carbocycles. The molecular formula is C18H22N2O7. The zero-order chi connectivity index (χ0) is 20.2. The maximum Gasteiger partial charge on any atom is 0.430 e. The first kappa shape index (κ1) is 20.2. The molecule has 0 bridgehead atoms. The van der Waals surface area contributed by atoms with E-state index in [4.69, 9.17) is 14.2 Å². The van der Waals surface area contributed by atoms with E-state index in [1.54, 1.807) is 39.0 Å². The summed E-state index contributed by atoms with van der Waals surface area (Å²) in [6.07, 6.45) is -2.25. The summed E-state index contributed by atoms with van der Waals surface area (Å²) in [6.45, 7) is 4.92. The van der Waals surface area contributed by atoms with Crippen LogP contribution in [0, 0.1) is 6.92 Å². The zero-order valence-electron chi connectivity index (χ0n) is 15.7. The number of carbonyl (C=O) groups is 4. The average molecular weight is 378 g/mol. The van der Waals surface area contributed by atoms with Gasteiger partial charge in [0.05, 0.1) is 20.3 Å². The van der Waals surface area contributed by atoms with Crippen molar-refractivity contribution in [1.82, 2.24) is 10.4 Å². The molecule has 0 radical (unpaired) electrons. The van der Waals surface area contributed by atoms with Gasteiger partial charge in [0, 0.05) is 12.0 Å². The monoisotopic (exact) mass is 378 g/mol. The van der Waals surface area contributed by atoms with Gasteiger partial charge in [-0.05, 0) is 32.4 Å². The van der Waals surface area contributed by atoms with Crippen LogP contribution in [0.5, 0.6) is 0 Å². The number of hydrogen-bond acceptors (Lipinski definition) is 7. The highest BCUT2D eigenvalue weighted by molar-refractivity contribution is 6.21. The van der Waals surface area contributed by atoms with Crippen LogP contribution in [-0.2, 0) is 25.4 Å². The van der Waals surface area contributed by atoms with Gasteiger partial charge in [0.2, 0.25) is 11.3 Å². The molecule has 27 heavy (non-hydrogen) atoms. The van der Waals surface area contributed by atoms with Crippen molar-refractivity contribution in [3.05, 3.63) is 34.9 Å². The highest BCUT2D eigenvalue weighted by Gasteiger charge is 2.60. The normalized spacial score (nSPS) is 17.7. The minimum Gasteiger partial charge on any atom is -0.467 e. The first-order valence-electron chi connectivity index (χ1n) is 8.44. The number of Topliss-reactive ketones (excluding diaryl/α,β-unsaturated/α-hetero) is 1. The smallest absolute Gasteiger partial charge is 0.430 e. The molecule has 146 valence electrons. The lowest BCUT2D eigenvalue weighted by Gasteiger charge is -2.35. The molecule has 0 aromatic heterocycles. The van der Waals surface area contributed by atoms with Crippen LogP contribution in [0.1, 0.15) is 35.3 Å². The van der Waals surface area contributed by atoms with E-state index >= 15 is 0 Å². The van der Waals surface area contributed by atoms with Crippen molar-refractivity contribution in [2.45, 2.75) is 32.7 Å². The Balaban J connectivity index is 2.57. The number of hydrazine groups is 1. The maximum atomic E-state index is 13.2.